The number of methoxy groups -OCH3 is 1. The van der Waals surface area contributed by atoms with Gasteiger partial charge in [-0.25, -0.2) is 0 Å². The zero-order valence-electron chi connectivity index (χ0n) is 21.6. The van der Waals surface area contributed by atoms with E-state index >= 15 is 0 Å². The van der Waals surface area contributed by atoms with Gasteiger partial charge in [0.2, 0.25) is 0 Å². The molecule has 6 nitrogen and oxygen atoms in total. The number of ether oxygens (including phenoxy) is 5. The highest BCUT2D eigenvalue weighted by molar-refractivity contribution is 7.22. The summed E-state index contributed by atoms with van der Waals surface area (Å²) in [4.78, 5) is 3.47. The molecule has 0 saturated carbocycles. The highest BCUT2D eigenvalue weighted by Gasteiger charge is 2.18. The van der Waals surface area contributed by atoms with Gasteiger partial charge < -0.3 is 23.7 Å². The number of fused-ring (bicyclic) bond motifs is 1. The average Bonchev–Trinajstić information content (AvgIpc) is 3.35. The van der Waals surface area contributed by atoms with Crippen LogP contribution in [0.1, 0.15) is 13.8 Å². The van der Waals surface area contributed by atoms with E-state index in [1.165, 1.54) is 10.1 Å². The van der Waals surface area contributed by atoms with Crippen molar-refractivity contribution in [2.45, 2.75) is 20.0 Å². The summed E-state index contributed by atoms with van der Waals surface area (Å²) in [6, 6.07) is 22.2. The molecule has 0 bridgehead atoms. The first-order valence-corrected chi connectivity index (χ1v) is 13.5. The van der Waals surface area contributed by atoms with Gasteiger partial charge in [0.05, 0.1) is 26.4 Å². The zero-order chi connectivity index (χ0) is 25.6. The predicted molar refractivity (Wildman–Crippen MR) is 149 cm³/mol. The van der Waals surface area contributed by atoms with E-state index in [0.717, 1.165) is 54.8 Å². The summed E-state index contributed by atoms with van der Waals surface area (Å²) in [7, 11) is 1.64. The molecule has 1 fully saturated rings. The molecule has 5 rings (SSSR count). The van der Waals surface area contributed by atoms with Gasteiger partial charge in [0.25, 0.3) is 0 Å². The van der Waals surface area contributed by atoms with E-state index in [4.69, 9.17) is 23.7 Å². The van der Waals surface area contributed by atoms with E-state index < -0.39 is 0 Å². The number of morpholine rings is 1. The Morgan fingerprint density at radius 1 is 0.892 bits per heavy atom. The summed E-state index contributed by atoms with van der Waals surface area (Å²) in [6.45, 7) is 9.10. The Hall–Kier alpha value is -3.26. The minimum atomic E-state index is 0.0281. The fourth-order valence-electron chi connectivity index (χ4n) is 4.29. The standard InChI is InChI=1S/C30H33NO5S/c1-21(2)35-26-20-27(32-3)28(19-25(26)30-18-22-6-4-5-7-29(22)37-30)36-24-10-8-23(9-11-24)34-17-14-31-12-15-33-16-13-31/h4-11,18-21H,12-17H2,1-3H3. The van der Waals surface area contributed by atoms with Crippen LogP contribution in [0, 0.1) is 0 Å². The van der Waals surface area contributed by atoms with Gasteiger partial charge in [-0.3, -0.25) is 4.90 Å². The molecular weight excluding hydrogens is 486 g/mol. The molecular formula is C30H33NO5S. The Balaban J connectivity index is 1.35. The summed E-state index contributed by atoms with van der Waals surface area (Å²) in [5.41, 5.74) is 0.980. The van der Waals surface area contributed by atoms with Crippen molar-refractivity contribution < 1.29 is 23.7 Å². The molecule has 194 valence electrons. The summed E-state index contributed by atoms with van der Waals surface area (Å²) >= 11 is 1.74. The lowest BCUT2D eigenvalue weighted by Crippen LogP contribution is -2.38. The first kappa shape index (κ1) is 25.4. The molecule has 1 aliphatic heterocycles. The van der Waals surface area contributed by atoms with Gasteiger partial charge in [0.15, 0.2) is 11.5 Å². The van der Waals surface area contributed by atoms with Crippen molar-refractivity contribution in [3.8, 4) is 39.2 Å². The summed E-state index contributed by atoms with van der Waals surface area (Å²) in [5, 5.41) is 1.21. The first-order chi connectivity index (χ1) is 18.1. The van der Waals surface area contributed by atoms with Crippen molar-refractivity contribution in [2.75, 3.05) is 46.6 Å². The van der Waals surface area contributed by atoms with E-state index in [1.807, 2.05) is 50.2 Å². The molecule has 1 saturated heterocycles. The van der Waals surface area contributed by atoms with Crippen molar-refractivity contribution >= 4 is 21.4 Å². The molecule has 0 unspecified atom stereocenters. The predicted octanol–water partition coefficient (Wildman–Crippen LogP) is 6.87. The number of rotatable bonds is 10. The Morgan fingerprint density at radius 2 is 1.65 bits per heavy atom. The van der Waals surface area contributed by atoms with Crippen LogP contribution in [0.4, 0.5) is 0 Å². The Kier molecular flexibility index (Phi) is 8.14. The van der Waals surface area contributed by atoms with Crippen molar-refractivity contribution in [3.63, 3.8) is 0 Å². The van der Waals surface area contributed by atoms with Crippen molar-refractivity contribution in [1.82, 2.24) is 4.90 Å². The maximum atomic E-state index is 6.30. The second kappa shape index (κ2) is 11.9. The van der Waals surface area contributed by atoms with Crippen molar-refractivity contribution in [2.24, 2.45) is 0 Å². The van der Waals surface area contributed by atoms with E-state index in [-0.39, 0.29) is 6.10 Å². The Bertz CT molecular complexity index is 1280. The van der Waals surface area contributed by atoms with Crippen molar-refractivity contribution in [1.29, 1.82) is 0 Å². The van der Waals surface area contributed by atoms with Crippen LogP contribution in [0.3, 0.4) is 0 Å². The van der Waals surface area contributed by atoms with Crippen LogP contribution in [-0.2, 0) is 4.74 Å². The third kappa shape index (κ3) is 6.36. The number of benzene rings is 3. The molecule has 3 aromatic carbocycles. The lowest BCUT2D eigenvalue weighted by Gasteiger charge is -2.26. The smallest absolute Gasteiger partial charge is 0.170 e. The second-order valence-electron chi connectivity index (χ2n) is 9.19. The molecule has 1 aliphatic rings. The van der Waals surface area contributed by atoms with Gasteiger partial charge in [0.1, 0.15) is 23.9 Å². The molecule has 0 aliphatic carbocycles. The van der Waals surface area contributed by atoms with Crippen LogP contribution < -0.4 is 18.9 Å². The monoisotopic (exact) mass is 519 g/mol. The highest BCUT2D eigenvalue weighted by atomic mass is 32.1. The van der Waals surface area contributed by atoms with Crippen molar-refractivity contribution in [3.05, 3.63) is 66.7 Å². The van der Waals surface area contributed by atoms with E-state index in [2.05, 4.69) is 35.2 Å². The molecule has 2 heterocycles. The van der Waals surface area contributed by atoms with Crippen LogP contribution in [0.5, 0.6) is 28.7 Å². The number of hydrogen-bond acceptors (Lipinski definition) is 7. The molecule has 0 amide bonds. The van der Waals surface area contributed by atoms with Gasteiger partial charge in [0, 0.05) is 40.8 Å². The topological polar surface area (TPSA) is 49.4 Å². The van der Waals surface area contributed by atoms with Crippen LogP contribution in [-0.4, -0.2) is 57.6 Å². The molecule has 0 radical (unpaired) electrons. The van der Waals surface area contributed by atoms with Crippen LogP contribution in [0.25, 0.3) is 20.5 Å². The minimum Gasteiger partial charge on any atom is -0.493 e. The highest BCUT2D eigenvalue weighted by Crippen LogP contribution is 2.45. The first-order valence-electron chi connectivity index (χ1n) is 12.7. The maximum absolute atomic E-state index is 6.30. The summed E-state index contributed by atoms with van der Waals surface area (Å²) < 4.78 is 30.7. The number of nitrogens with zero attached hydrogens (tertiary/aromatic N) is 1. The molecule has 7 heteroatoms. The molecule has 0 N–H and O–H groups in total. The van der Waals surface area contributed by atoms with E-state index in [9.17, 15) is 0 Å². The van der Waals surface area contributed by atoms with Gasteiger partial charge in [-0.15, -0.1) is 11.3 Å². The Morgan fingerprint density at radius 3 is 2.38 bits per heavy atom. The fourth-order valence-corrected chi connectivity index (χ4v) is 5.37. The molecule has 1 aromatic heterocycles. The summed E-state index contributed by atoms with van der Waals surface area (Å²) in [5.74, 6) is 3.55. The lowest BCUT2D eigenvalue weighted by atomic mass is 10.1. The van der Waals surface area contributed by atoms with Crippen LogP contribution in [0.15, 0.2) is 66.7 Å². The quantitative estimate of drug-likeness (QED) is 0.228. The van der Waals surface area contributed by atoms with E-state index in [0.29, 0.717) is 23.9 Å². The van der Waals surface area contributed by atoms with Gasteiger partial charge in [-0.2, -0.15) is 0 Å². The molecule has 4 aromatic rings. The molecule has 0 spiro atoms. The molecule has 0 atom stereocenters. The Labute approximate surface area is 222 Å². The van der Waals surface area contributed by atoms with Crippen LogP contribution in [0.2, 0.25) is 0 Å². The third-order valence-electron chi connectivity index (χ3n) is 6.15. The zero-order valence-corrected chi connectivity index (χ0v) is 22.4. The average molecular weight is 520 g/mol. The minimum absolute atomic E-state index is 0.0281. The van der Waals surface area contributed by atoms with Gasteiger partial charge >= 0.3 is 0 Å². The largest absolute Gasteiger partial charge is 0.493 e. The van der Waals surface area contributed by atoms with Gasteiger partial charge in [-0.1, -0.05) is 18.2 Å². The van der Waals surface area contributed by atoms with Crippen LogP contribution >= 0.6 is 11.3 Å². The van der Waals surface area contributed by atoms with E-state index in [1.54, 1.807) is 18.4 Å². The molecule has 37 heavy (non-hydrogen) atoms. The summed E-state index contributed by atoms with van der Waals surface area (Å²) in [6.07, 6.45) is 0.0281. The number of hydrogen-bond donors (Lipinski definition) is 0. The number of thiophene rings is 1. The fraction of sp³-hybridized carbons (Fsp3) is 0.333. The van der Waals surface area contributed by atoms with Gasteiger partial charge in [-0.05, 0) is 61.7 Å². The second-order valence-corrected chi connectivity index (χ2v) is 10.3. The SMILES string of the molecule is COc1cc(OC(C)C)c(-c2cc3ccccc3s2)cc1Oc1ccc(OCCN2CCOCC2)cc1. The third-order valence-corrected chi connectivity index (χ3v) is 7.30. The lowest BCUT2D eigenvalue weighted by molar-refractivity contribution is 0.0322. The normalized spacial score (nSPS) is 14.2. The maximum Gasteiger partial charge on any atom is 0.170 e.